The minimum atomic E-state index is 0.148. The molecule has 0 bridgehead atoms. The normalized spacial score (nSPS) is 22.3. The fraction of sp³-hybridized carbons (Fsp3) is 0.533. The average molecular weight is 269 g/mol. The summed E-state index contributed by atoms with van der Waals surface area (Å²) in [7, 11) is 0. The molecular formula is C15H19N5. The molecule has 20 heavy (non-hydrogen) atoms. The Balaban J connectivity index is 1.64. The standard InChI is InChI=1S/C15H19N5/c1-2-11(3-1)10-13-18-19-15-14(17-8-9-20(13)15)12-4-6-16-7-5-12/h4-7,11,14,17H,1-3,8-10H2. The second kappa shape index (κ2) is 4.98. The number of fused-ring (bicyclic) bond motifs is 1. The molecule has 1 aliphatic heterocycles. The summed E-state index contributed by atoms with van der Waals surface area (Å²) in [5.41, 5.74) is 1.21. The Hall–Kier alpha value is -1.75. The number of nitrogens with one attached hydrogen (secondary N) is 1. The van der Waals surface area contributed by atoms with Crippen LogP contribution in [-0.4, -0.2) is 26.3 Å². The highest BCUT2D eigenvalue weighted by molar-refractivity contribution is 5.24. The van der Waals surface area contributed by atoms with Gasteiger partial charge in [-0.1, -0.05) is 19.3 Å². The van der Waals surface area contributed by atoms with E-state index in [1.54, 1.807) is 0 Å². The van der Waals surface area contributed by atoms with Gasteiger partial charge in [0, 0.05) is 31.9 Å². The summed E-state index contributed by atoms with van der Waals surface area (Å²) in [5, 5.41) is 12.4. The molecule has 0 saturated heterocycles. The van der Waals surface area contributed by atoms with Gasteiger partial charge < -0.3 is 9.88 Å². The number of hydrogen-bond donors (Lipinski definition) is 1. The maximum Gasteiger partial charge on any atom is 0.154 e. The molecule has 1 fully saturated rings. The van der Waals surface area contributed by atoms with Gasteiger partial charge in [0.2, 0.25) is 0 Å². The van der Waals surface area contributed by atoms with Crippen molar-refractivity contribution in [3.63, 3.8) is 0 Å². The number of pyridine rings is 1. The van der Waals surface area contributed by atoms with Gasteiger partial charge in [0.15, 0.2) is 5.82 Å². The summed E-state index contributed by atoms with van der Waals surface area (Å²) >= 11 is 0. The molecule has 4 rings (SSSR count). The van der Waals surface area contributed by atoms with Crippen LogP contribution in [0.3, 0.4) is 0 Å². The van der Waals surface area contributed by atoms with Crippen LogP contribution in [0.2, 0.25) is 0 Å². The Morgan fingerprint density at radius 2 is 2.05 bits per heavy atom. The second-order valence-corrected chi connectivity index (χ2v) is 5.79. The van der Waals surface area contributed by atoms with Gasteiger partial charge in [-0.25, -0.2) is 0 Å². The number of rotatable bonds is 3. The summed E-state index contributed by atoms with van der Waals surface area (Å²) in [6.45, 7) is 1.95. The van der Waals surface area contributed by atoms with Crippen molar-refractivity contribution < 1.29 is 0 Å². The molecule has 2 aliphatic rings. The molecule has 3 heterocycles. The molecule has 5 nitrogen and oxygen atoms in total. The molecule has 0 amide bonds. The first-order valence-electron chi connectivity index (χ1n) is 7.47. The summed E-state index contributed by atoms with van der Waals surface area (Å²) < 4.78 is 2.32. The molecule has 1 unspecified atom stereocenters. The third-order valence-corrected chi connectivity index (χ3v) is 4.53. The largest absolute Gasteiger partial charge is 0.312 e. The van der Waals surface area contributed by atoms with Crippen LogP contribution in [0.25, 0.3) is 0 Å². The van der Waals surface area contributed by atoms with Crippen LogP contribution in [0.1, 0.15) is 42.5 Å². The van der Waals surface area contributed by atoms with Crippen molar-refractivity contribution >= 4 is 0 Å². The van der Waals surface area contributed by atoms with Crippen molar-refractivity contribution in [2.45, 2.75) is 38.3 Å². The molecule has 1 saturated carbocycles. The molecule has 1 aliphatic carbocycles. The van der Waals surface area contributed by atoms with Gasteiger partial charge in [-0.15, -0.1) is 10.2 Å². The van der Waals surface area contributed by atoms with Crippen molar-refractivity contribution in [1.29, 1.82) is 0 Å². The lowest BCUT2D eigenvalue weighted by Gasteiger charge is -2.28. The van der Waals surface area contributed by atoms with Crippen LogP contribution in [0.5, 0.6) is 0 Å². The molecule has 0 aromatic carbocycles. The average Bonchev–Trinajstić information content (AvgIpc) is 2.87. The molecule has 0 spiro atoms. The SMILES string of the molecule is c1cc(C2NCCn3c(CC4CCC4)nnc32)ccn1. The zero-order valence-electron chi connectivity index (χ0n) is 11.5. The lowest BCUT2D eigenvalue weighted by molar-refractivity contribution is 0.303. The van der Waals surface area contributed by atoms with E-state index in [0.717, 1.165) is 31.3 Å². The lowest BCUT2D eigenvalue weighted by atomic mass is 9.83. The van der Waals surface area contributed by atoms with E-state index in [4.69, 9.17) is 0 Å². The third-order valence-electron chi connectivity index (χ3n) is 4.53. The highest BCUT2D eigenvalue weighted by atomic mass is 15.3. The van der Waals surface area contributed by atoms with Gasteiger partial charge in [-0.3, -0.25) is 4.98 Å². The number of aromatic nitrogens is 4. The predicted molar refractivity (Wildman–Crippen MR) is 75.1 cm³/mol. The van der Waals surface area contributed by atoms with E-state index >= 15 is 0 Å². The van der Waals surface area contributed by atoms with E-state index < -0.39 is 0 Å². The predicted octanol–water partition coefficient (Wildman–Crippen LogP) is 1.71. The van der Waals surface area contributed by atoms with E-state index in [2.05, 4.69) is 25.1 Å². The van der Waals surface area contributed by atoms with Crippen LogP contribution < -0.4 is 5.32 Å². The van der Waals surface area contributed by atoms with E-state index in [0.29, 0.717) is 0 Å². The minimum absolute atomic E-state index is 0.148. The van der Waals surface area contributed by atoms with Crippen LogP contribution in [0, 0.1) is 5.92 Å². The first kappa shape index (κ1) is 12.0. The van der Waals surface area contributed by atoms with E-state index in [1.807, 2.05) is 24.5 Å². The number of nitrogens with zero attached hydrogens (tertiary/aromatic N) is 4. The van der Waals surface area contributed by atoms with Gasteiger partial charge in [0.05, 0.1) is 6.04 Å². The molecule has 104 valence electrons. The van der Waals surface area contributed by atoms with E-state index in [1.165, 1.54) is 30.7 Å². The highest BCUT2D eigenvalue weighted by Crippen LogP contribution is 2.31. The van der Waals surface area contributed by atoms with Gasteiger partial charge in [0.25, 0.3) is 0 Å². The van der Waals surface area contributed by atoms with Crippen molar-refractivity contribution in [3.05, 3.63) is 41.7 Å². The van der Waals surface area contributed by atoms with Crippen molar-refractivity contribution in [2.75, 3.05) is 6.54 Å². The fourth-order valence-electron chi connectivity index (χ4n) is 3.15. The van der Waals surface area contributed by atoms with Gasteiger partial charge in [0.1, 0.15) is 5.82 Å². The lowest BCUT2D eigenvalue weighted by Crippen LogP contribution is -2.35. The smallest absolute Gasteiger partial charge is 0.154 e. The molecule has 5 heteroatoms. The first-order chi connectivity index (χ1) is 9.92. The third kappa shape index (κ3) is 2.02. The summed E-state index contributed by atoms with van der Waals surface area (Å²) in [6, 6.07) is 4.25. The number of hydrogen-bond acceptors (Lipinski definition) is 4. The minimum Gasteiger partial charge on any atom is -0.312 e. The van der Waals surface area contributed by atoms with Gasteiger partial charge in [-0.05, 0) is 23.6 Å². The topological polar surface area (TPSA) is 55.6 Å². The Bertz CT molecular complexity index is 588. The van der Waals surface area contributed by atoms with Crippen LogP contribution in [-0.2, 0) is 13.0 Å². The van der Waals surface area contributed by atoms with Crippen LogP contribution >= 0.6 is 0 Å². The highest BCUT2D eigenvalue weighted by Gasteiger charge is 2.28. The Kier molecular flexibility index (Phi) is 2.99. The Labute approximate surface area is 118 Å². The molecule has 1 N–H and O–H groups in total. The first-order valence-corrected chi connectivity index (χ1v) is 7.47. The molecular weight excluding hydrogens is 250 g/mol. The Morgan fingerprint density at radius 3 is 2.80 bits per heavy atom. The maximum atomic E-state index is 4.46. The quantitative estimate of drug-likeness (QED) is 0.921. The van der Waals surface area contributed by atoms with Crippen LogP contribution in [0.15, 0.2) is 24.5 Å². The molecule has 1 atom stereocenters. The molecule has 2 aromatic rings. The van der Waals surface area contributed by atoms with Crippen molar-refractivity contribution in [2.24, 2.45) is 5.92 Å². The summed E-state index contributed by atoms with van der Waals surface area (Å²) in [6.07, 6.45) is 8.86. The summed E-state index contributed by atoms with van der Waals surface area (Å²) in [4.78, 5) is 4.09. The second-order valence-electron chi connectivity index (χ2n) is 5.79. The Morgan fingerprint density at radius 1 is 1.20 bits per heavy atom. The molecule has 0 radical (unpaired) electrons. The van der Waals surface area contributed by atoms with Crippen molar-refractivity contribution in [1.82, 2.24) is 25.1 Å². The van der Waals surface area contributed by atoms with Crippen LogP contribution in [0.4, 0.5) is 0 Å². The van der Waals surface area contributed by atoms with E-state index in [9.17, 15) is 0 Å². The fourth-order valence-corrected chi connectivity index (χ4v) is 3.15. The monoisotopic (exact) mass is 269 g/mol. The van der Waals surface area contributed by atoms with Gasteiger partial charge in [-0.2, -0.15) is 0 Å². The van der Waals surface area contributed by atoms with E-state index in [-0.39, 0.29) is 6.04 Å². The molecule has 2 aromatic heterocycles. The summed E-state index contributed by atoms with van der Waals surface area (Å²) in [5.74, 6) is 3.06. The zero-order chi connectivity index (χ0) is 13.4. The zero-order valence-corrected chi connectivity index (χ0v) is 11.5. The maximum absolute atomic E-state index is 4.46. The van der Waals surface area contributed by atoms with Gasteiger partial charge >= 0.3 is 0 Å². The van der Waals surface area contributed by atoms with Crippen molar-refractivity contribution in [3.8, 4) is 0 Å².